The van der Waals surface area contributed by atoms with Crippen molar-refractivity contribution in [3.63, 3.8) is 0 Å². The molecular weight excluding hydrogens is 178 g/mol. The summed E-state index contributed by atoms with van der Waals surface area (Å²) in [5.41, 5.74) is 0. The highest BCUT2D eigenvalue weighted by Gasteiger charge is 1.98. The van der Waals surface area contributed by atoms with Crippen LogP contribution in [0.1, 0.15) is 6.92 Å². The lowest BCUT2D eigenvalue weighted by atomic mass is 10.4. The number of pyridine rings is 1. The summed E-state index contributed by atoms with van der Waals surface area (Å²) in [7, 11) is 0. The second kappa shape index (κ2) is 3.91. The lowest BCUT2D eigenvalue weighted by Crippen LogP contribution is -1.98. The molecule has 72 valence electrons. The summed E-state index contributed by atoms with van der Waals surface area (Å²) in [5.74, 6) is 1.45. The molecule has 0 aromatic carbocycles. The quantitative estimate of drug-likeness (QED) is 0.737. The number of ether oxygens (including phenoxy) is 1. The Kier molecular flexibility index (Phi) is 2.44. The molecule has 0 aliphatic rings. The first kappa shape index (κ1) is 8.74. The van der Waals surface area contributed by atoms with Crippen molar-refractivity contribution in [1.82, 2.24) is 14.5 Å². The second-order valence-corrected chi connectivity index (χ2v) is 2.74. The van der Waals surface area contributed by atoms with Gasteiger partial charge in [0.25, 0.3) is 0 Å². The van der Waals surface area contributed by atoms with Crippen LogP contribution in [0.2, 0.25) is 0 Å². The van der Waals surface area contributed by atoms with Gasteiger partial charge in [-0.3, -0.25) is 4.57 Å². The molecule has 14 heavy (non-hydrogen) atoms. The number of hydrogen-bond donors (Lipinski definition) is 0. The van der Waals surface area contributed by atoms with Crippen LogP contribution in [0.15, 0.2) is 36.9 Å². The van der Waals surface area contributed by atoms with Crippen LogP contribution in [0.25, 0.3) is 5.82 Å². The molecule has 0 N–H and O–H groups in total. The van der Waals surface area contributed by atoms with E-state index in [9.17, 15) is 0 Å². The smallest absolute Gasteiger partial charge is 0.215 e. The number of nitrogens with zero attached hydrogens (tertiary/aromatic N) is 3. The third-order valence-electron chi connectivity index (χ3n) is 1.77. The molecular formula is C10H11N3O. The van der Waals surface area contributed by atoms with Gasteiger partial charge in [0.1, 0.15) is 12.1 Å². The van der Waals surface area contributed by atoms with E-state index in [0.717, 1.165) is 5.82 Å². The van der Waals surface area contributed by atoms with Gasteiger partial charge in [-0.05, 0) is 13.0 Å². The fourth-order valence-corrected chi connectivity index (χ4v) is 1.17. The van der Waals surface area contributed by atoms with Gasteiger partial charge in [-0.2, -0.15) is 4.98 Å². The fourth-order valence-electron chi connectivity index (χ4n) is 1.17. The van der Waals surface area contributed by atoms with Crippen molar-refractivity contribution in [3.8, 4) is 11.7 Å². The molecule has 0 bridgehead atoms. The van der Waals surface area contributed by atoms with Gasteiger partial charge in [0, 0.05) is 18.5 Å². The number of aromatic nitrogens is 3. The molecule has 0 unspecified atom stereocenters. The van der Waals surface area contributed by atoms with Gasteiger partial charge in [-0.15, -0.1) is 0 Å². The summed E-state index contributed by atoms with van der Waals surface area (Å²) in [5, 5.41) is 0. The summed E-state index contributed by atoms with van der Waals surface area (Å²) in [6.45, 7) is 2.56. The third kappa shape index (κ3) is 1.74. The maximum absolute atomic E-state index is 5.30. The van der Waals surface area contributed by atoms with Gasteiger partial charge in [0.15, 0.2) is 0 Å². The van der Waals surface area contributed by atoms with Crippen molar-refractivity contribution in [1.29, 1.82) is 0 Å². The minimum absolute atomic E-state index is 0.625. The Labute approximate surface area is 82.2 Å². The molecule has 2 aromatic heterocycles. The molecule has 2 heterocycles. The summed E-state index contributed by atoms with van der Waals surface area (Å²) in [6, 6.07) is 5.65. The van der Waals surface area contributed by atoms with Gasteiger partial charge in [-0.1, -0.05) is 6.07 Å². The zero-order valence-electron chi connectivity index (χ0n) is 7.92. The Morgan fingerprint density at radius 2 is 2.36 bits per heavy atom. The summed E-state index contributed by atoms with van der Waals surface area (Å²) < 4.78 is 7.14. The molecule has 0 saturated heterocycles. The zero-order chi connectivity index (χ0) is 9.80. The van der Waals surface area contributed by atoms with Gasteiger partial charge >= 0.3 is 0 Å². The van der Waals surface area contributed by atoms with Gasteiger partial charge in [0.05, 0.1) is 6.61 Å². The van der Waals surface area contributed by atoms with Crippen LogP contribution in [0.5, 0.6) is 5.88 Å². The van der Waals surface area contributed by atoms with E-state index in [1.54, 1.807) is 12.5 Å². The Balaban J connectivity index is 2.31. The van der Waals surface area contributed by atoms with E-state index in [0.29, 0.717) is 12.5 Å². The first-order valence-electron chi connectivity index (χ1n) is 4.48. The van der Waals surface area contributed by atoms with E-state index in [2.05, 4.69) is 9.97 Å². The number of rotatable bonds is 3. The standard InChI is InChI=1S/C10H11N3O/c1-2-14-10-5-3-4-9(12-10)13-7-6-11-8-13/h3-8H,2H2,1H3. The predicted molar refractivity (Wildman–Crippen MR) is 52.5 cm³/mol. The molecule has 2 aromatic rings. The van der Waals surface area contributed by atoms with E-state index in [-0.39, 0.29) is 0 Å². The van der Waals surface area contributed by atoms with Crippen LogP contribution >= 0.6 is 0 Å². The van der Waals surface area contributed by atoms with Crippen molar-refractivity contribution >= 4 is 0 Å². The molecule has 4 nitrogen and oxygen atoms in total. The monoisotopic (exact) mass is 189 g/mol. The van der Waals surface area contributed by atoms with Crippen LogP contribution in [0.4, 0.5) is 0 Å². The molecule has 4 heteroatoms. The molecule has 2 rings (SSSR count). The lowest BCUT2D eigenvalue weighted by Gasteiger charge is -2.04. The largest absolute Gasteiger partial charge is 0.478 e. The minimum atomic E-state index is 0.625. The van der Waals surface area contributed by atoms with Crippen LogP contribution in [-0.4, -0.2) is 21.1 Å². The first-order chi connectivity index (χ1) is 6.90. The molecule has 0 aliphatic heterocycles. The second-order valence-electron chi connectivity index (χ2n) is 2.74. The van der Waals surface area contributed by atoms with E-state index in [1.165, 1.54) is 0 Å². The van der Waals surface area contributed by atoms with Crippen molar-refractivity contribution in [2.24, 2.45) is 0 Å². The maximum atomic E-state index is 5.30. The zero-order valence-corrected chi connectivity index (χ0v) is 7.92. The molecule has 0 spiro atoms. The normalized spacial score (nSPS) is 10.1. The molecule has 0 aliphatic carbocycles. The summed E-state index contributed by atoms with van der Waals surface area (Å²) >= 11 is 0. The first-order valence-corrected chi connectivity index (χ1v) is 4.48. The van der Waals surface area contributed by atoms with Crippen molar-refractivity contribution < 1.29 is 4.74 Å². The number of hydrogen-bond acceptors (Lipinski definition) is 3. The fraction of sp³-hybridized carbons (Fsp3) is 0.200. The minimum Gasteiger partial charge on any atom is -0.478 e. The van der Waals surface area contributed by atoms with Gasteiger partial charge < -0.3 is 4.74 Å². The van der Waals surface area contributed by atoms with E-state index < -0.39 is 0 Å². The van der Waals surface area contributed by atoms with Crippen molar-refractivity contribution in [3.05, 3.63) is 36.9 Å². The Hall–Kier alpha value is -1.84. The van der Waals surface area contributed by atoms with Gasteiger partial charge in [-0.25, -0.2) is 4.98 Å². The third-order valence-corrected chi connectivity index (χ3v) is 1.77. The van der Waals surface area contributed by atoms with Crippen molar-refractivity contribution in [2.75, 3.05) is 6.61 Å². The molecule has 0 radical (unpaired) electrons. The van der Waals surface area contributed by atoms with Crippen LogP contribution in [-0.2, 0) is 0 Å². The van der Waals surface area contributed by atoms with Crippen molar-refractivity contribution in [2.45, 2.75) is 6.92 Å². The highest BCUT2D eigenvalue weighted by atomic mass is 16.5. The Morgan fingerprint density at radius 1 is 1.43 bits per heavy atom. The molecule has 0 saturated carbocycles. The van der Waals surface area contributed by atoms with Crippen LogP contribution < -0.4 is 4.74 Å². The Morgan fingerprint density at radius 3 is 3.07 bits per heavy atom. The van der Waals surface area contributed by atoms with Crippen LogP contribution in [0, 0.1) is 0 Å². The van der Waals surface area contributed by atoms with E-state index in [4.69, 9.17) is 4.74 Å². The summed E-state index contributed by atoms with van der Waals surface area (Å²) in [6.07, 6.45) is 5.27. The van der Waals surface area contributed by atoms with E-state index in [1.807, 2.05) is 35.9 Å². The SMILES string of the molecule is CCOc1cccc(-n2ccnc2)n1. The van der Waals surface area contributed by atoms with E-state index >= 15 is 0 Å². The van der Waals surface area contributed by atoms with Gasteiger partial charge in [0.2, 0.25) is 5.88 Å². The highest BCUT2D eigenvalue weighted by Crippen LogP contribution is 2.10. The molecule has 0 fully saturated rings. The average molecular weight is 189 g/mol. The maximum Gasteiger partial charge on any atom is 0.215 e. The predicted octanol–water partition coefficient (Wildman–Crippen LogP) is 1.67. The average Bonchev–Trinajstić information content (AvgIpc) is 2.71. The van der Waals surface area contributed by atoms with Crippen LogP contribution in [0.3, 0.4) is 0 Å². The molecule has 0 amide bonds. The summed E-state index contributed by atoms with van der Waals surface area (Å²) in [4.78, 5) is 8.26. The topological polar surface area (TPSA) is 39.9 Å². The Bertz CT molecular complexity index is 398. The lowest BCUT2D eigenvalue weighted by molar-refractivity contribution is 0.326. The molecule has 0 atom stereocenters. The highest BCUT2D eigenvalue weighted by molar-refractivity contribution is 5.26. The number of imidazole rings is 1.